The first-order chi connectivity index (χ1) is 10.5. The SMILES string of the molecule is C[C@H](Oc1ccc(Br)cc1)C(=O)NOC1CCN(C(=O)O)C1. The lowest BCUT2D eigenvalue weighted by molar-refractivity contribution is -0.144. The maximum atomic E-state index is 11.9. The van der Waals surface area contributed by atoms with E-state index in [1.165, 1.54) is 4.90 Å². The van der Waals surface area contributed by atoms with Crippen molar-refractivity contribution in [3.05, 3.63) is 28.7 Å². The van der Waals surface area contributed by atoms with Crippen LogP contribution in [0.3, 0.4) is 0 Å². The predicted molar refractivity (Wildman–Crippen MR) is 81.5 cm³/mol. The predicted octanol–water partition coefficient (Wildman–Crippen LogP) is 2.02. The van der Waals surface area contributed by atoms with Crippen molar-refractivity contribution in [1.29, 1.82) is 0 Å². The van der Waals surface area contributed by atoms with Crippen molar-refractivity contribution in [1.82, 2.24) is 10.4 Å². The third-order valence-electron chi connectivity index (χ3n) is 3.24. The lowest BCUT2D eigenvalue weighted by Crippen LogP contribution is -2.39. The summed E-state index contributed by atoms with van der Waals surface area (Å²) in [4.78, 5) is 29.1. The first kappa shape index (κ1) is 16.6. The van der Waals surface area contributed by atoms with Gasteiger partial charge in [0.15, 0.2) is 6.10 Å². The Balaban J connectivity index is 1.75. The molecular formula is C14H17BrN2O5. The molecule has 7 nitrogen and oxygen atoms in total. The molecule has 22 heavy (non-hydrogen) atoms. The van der Waals surface area contributed by atoms with Gasteiger partial charge in [0, 0.05) is 11.0 Å². The molecule has 2 rings (SSSR count). The number of hydrogen-bond acceptors (Lipinski definition) is 4. The van der Waals surface area contributed by atoms with Crippen molar-refractivity contribution in [2.24, 2.45) is 0 Å². The topological polar surface area (TPSA) is 88.1 Å². The van der Waals surface area contributed by atoms with Crippen LogP contribution in [0.1, 0.15) is 13.3 Å². The molecule has 1 heterocycles. The fourth-order valence-corrected chi connectivity index (χ4v) is 2.26. The minimum absolute atomic E-state index is 0.248. The van der Waals surface area contributed by atoms with E-state index in [1.54, 1.807) is 19.1 Å². The lowest BCUT2D eigenvalue weighted by Gasteiger charge is -2.17. The number of halogens is 1. The van der Waals surface area contributed by atoms with Gasteiger partial charge in [-0.1, -0.05) is 15.9 Å². The smallest absolute Gasteiger partial charge is 0.407 e. The van der Waals surface area contributed by atoms with Crippen LogP contribution in [0.15, 0.2) is 28.7 Å². The Morgan fingerprint density at radius 1 is 1.41 bits per heavy atom. The van der Waals surface area contributed by atoms with E-state index >= 15 is 0 Å². The number of benzene rings is 1. The van der Waals surface area contributed by atoms with Gasteiger partial charge < -0.3 is 14.7 Å². The van der Waals surface area contributed by atoms with E-state index in [0.717, 1.165) is 4.47 Å². The van der Waals surface area contributed by atoms with Crippen LogP contribution >= 0.6 is 15.9 Å². The van der Waals surface area contributed by atoms with Gasteiger partial charge in [0.05, 0.1) is 6.54 Å². The highest BCUT2D eigenvalue weighted by Crippen LogP contribution is 2.17. The van der Waals surface area contributed by atoms with E-state index in [0.29, 0.717) is 18.7 Å². The van der Waals surface area contributed by atoms with Gasteiger partial charge in [-0.3, -0.25) is 9.63 Å². The van der Waals surface area contributed by atoms with Crippen LogP contribution in [0.2, 0.25) is 0 Å². The molecule has 1 aromatic rings. The number of rotatable bonds is 5. The van der Waals surface area contributed by atoms with Crippen LogP contribution in [0, 0.1) is 0 Å². The molecule has 2 amide bonds. The molecule has 1 fully saturated rings. The number of nitrogens with zero attached hydrogens (tertiary/aromatic N) is 1. The number of ether oxygens (including phenoxy) is 1. The average Bonchev–Trinajstić information content (AvgIpc) is 2.96. The Bertz CT molecular complexity index is 537. The monoisotopic (exact) mass is 372 g/mol. The summed E-state index contributed by atoms with van der Waals surface area (Å²) in [5, 5.41) is 8.84. The summed E-state index contributed by atoms with van der Waals surface area (Å²) in [5.41, 5.74) is 2.32. The maximum absolute atomic E-state index is 11.9. The van der Waals surface area contributed by atoms with Gasteiger partial charge in [-0.2, -0.15) is 0 Å². The van der Waals surface area contributed by atoms with Gasteiger partial charge >= 0.3 is 6.09 Å². The van der Waals surface area contributed by atoms with Crippen LogP contribution in [-0.2, 0) is 9.63 Å². The second kappa shape index (κ2) is 7.46. The van der Waals surface area contributed by atoms with Crippen LogP contribution < -0.4 is 10.2 Å². The molecule has 0 aromatic heterocycles. The standard InChI is InChI=1S/C14H17BrN2O5/c1-9(21-11-4-2-10(15)3-5-11)13(18)16-22-12-6-7-17(8-12)14(19)20/h2-5,9,12H,6-8H2,1H3,(H,16,18)(H,19,20)/t9-,12?/m0/s1. The molecule has 1 aliphatic heterocycles. The first-order valence-corrected chi connectivity index (χ1v) is 7.60. The average molecular weight is 373 g/mol. The molecule has 1 saturated heterocycles. The molecule has 0 radical (unpaired) electrons. The maximum Gasteiger partial charge on any atom is 0.407 e. The van der Waals surface area contributed by atoms with Crippen molar-refractivity contribution in [2.75, 3.05) is 13.1 Å². The quantitative estimate of drug-likeness (QED) is 0.771. The minimum atomic E-state index is -0.982. The number of hydrogen-bond donors (Lipinski definition) is 2. The normalized spacial score (nSPS) is 18.8. The molecule has 2 N–H and O–H groups in total. The lowest BCUT2D eigenvalue weighted by atomic mass is 10.3. The fourth-order valence-electron chi connectivity index (χ4n) is 1.99. The number of likely N-dealkylation sites (tertiary alicyclic amines) is 1. The summed E-state index contributed by atoms with van der Waals surface area (Å²) in [7, 11) is 0. The molecule has 2 atom stereocenters. The van der Waals surface area contributed by atoms with Crippen LogP contribution in [0.25, 0.3) is 0 Å². The number of carbonyl (C=O) groups is 2. The molecule has 120 valence electrons. The Kier molecular flexibility index (Phi) is 5.62. The summed E-state index contributed by atoms with van der Waals surface area (Å²) in [6.45, 7) is 2.26. The number of carboxylic acid groups (broad SMARTS) is 1. The summed E-state index contributed by atoms with van der Waals surface area (Å²) in [5.74, 6) is 0.153. The van der Waals surface area contributed by atoms with Crippen LogP contribution in [0.5, 0.6) is 5.75 Å². The molecule has 0 aliphatic carbocycles. The van der Waals surface area contributed by atoms with E-state index in [2.05, 4.69) is 21.4 Å². The Labute approximate surface area is 136 Å². The summed E-state index contributed by atoms with van der Waals surface area (Å²) < 4.78 is 6.41. The molecule has 1 aromatic carbocycles. The number of carbonyl (C=O) groups excluding carboxylic acids is 1. The number of amides is 2. The third-order valence-corrected chi connectivity index (χ3v) is 3.77. The summed E-state index contributed by atoms with van der Waals surface area (Å²) >= 11 is 3.32. The highest BCUT2D eigenvalue weighted by Gasteiger charge is 2.28. The first-order valence-electron chi connectivity index (χ1n) is 6.81. The molecule has 1 aliphatic rings. The molecule has 0 saturated carbocycles. The highest BCUT2D eigenvalue weighted by atomic mass is 79.9. The zero-order valence-corrected chi connectivity index (χ0v) is 13.6. The van der Waals surface area contributed by atoms with E-state index < -0.39 is 18.1 Å². The second-order valence-corrected chi connectivity index (χ2v) is 5.85. The zero-order valence-electron chi connectivity index (χ0n) is 12.0. The number of nitrogens with one attached hydrogen (secondary N) is 1. The second-order valence-electron chi connectivity index (χ2n) is 4.94. The number of hydroxylamine groups is 1. The van der Waals surface area contributed by atoms with Gasteiger partial charge in [-0.15, -0.1) is 0 Å². The Morgan fingerprint density at radius 2 is 2.09 bits per heavy atom. The minimum Gasteiger partial charge on any atom is -0.481 e. The molecule has 8 heteroatoms. The molecule has 0 bridgehead atoms. The molecular weight excluding hydrogens is 356 g/mol. The molecule has 0 spiro atoms. The van der Waals surface area contributed by atoms with Gasteiger partial charge in [-0.05, 0) is 37.6 Å². The van der Waals surface area contributed by atoms with Crippen molar-refractivity contribution >= 4 is 27.9 Å². The Morgan fingerprint density at radius 3 is 2.68 bits per heavy atom. The van der Waals surface area contributed by atoms with E-state index in [9.17, 15) is 9.59 Å². The van der Waals surface area contributed by atoms with Crippen molar-refractivity contribution in [3.63, 3.8) is 0 Å². The van der Waals surface area contributed by atoms with Gasteiger partial charge in [0.25, 0.3) is 5.91 Å². The van der Waals surface area contributed by atoms with Gasteiger partial charge in [0.1, 0.15) is 11.9 Å². The van der Waals surface area contributed by atoms with Gasteiger partial charge in [-0.25, -0.2) is 10.3 Å². The van der Waals surface area contributed by atoms with Crippen LogP contribution in [0.4, 0.5) is 4.79 Å². The highest BCUT2D eigenvalue weighted by molar-refractivity contribution is 9.10. The van der Waals surface area contributed by atoms with Crippen molar-refractivity contribution < 1.29 is 24.3 Å². The third kappa shape index (κ3) is 4.60. The van der Waals surface area contributed by atoms with Crippen LogP contribution in [-0.4, -0.2) is 47.3 Å². The largest absolute Gasteiger partial charge is 0.481 e. The summed E-state index contributed by atoms with van der Waals surface area (Å²) in [6.07, 6.45) is -1.49. The van der Waals surface area contributed by atoms with E-state index in [1.807, 2.05) is 12.1 Å². The van der Waals surface area contributed by atoms with Crippen molar-refractivity contribution in [2.45, 2.75) is 25.6 Å². The van der Waals surface area contributed by atoms with Gasteiger partial charge in [0.2, 0.25) is 0 Å². The van der Waals surface area contributed by atoms with Crippen molar-refractivity contribution in [3.8, 4) is 5.75 Å². The molecule has 1 unspecified atom stereocenters. The summed E-state index contributed by atoms with van der Waals surface area (Å²) in [6, 6.07) is 7.12. The van der Waals surface area contributed by atoms with E-state index in [4.69, 9.17) is 14.7 Å². The fraction of sp³-hybridized carbons (Fsp3) is 0.429. The Hall–Kier alpha value is -1.80. The van der Waals surface area contributed by atoms with E-state index in [-0.39, 0.29) is 12.6 Å². The zero-order chi connectivity index (χ0) is 16.1.